The van der Waals surface area contributed by atoms with Crippen molar-refractivity contribution in [2.24, 2.45) is 11.3 Å². The summed E-state index contributed by atoms with van der Waals surface area (Å²) in [6.07, 6.45) is 6.53. The molecule has 0 bridgehead atoms. The number of carbonyl (C=O) groups excluding carboxylic acids is 1. The first-order chi connectivity index (χ1) is 9.53. The summed E-state index contributed by atoms with van der Waals surface area (Å²) in [6.45, 7) is 0.468. The van der Waals surface area contributed by atoms with Crippen molar-refractivity contribution in [3.63, 3.8) is 0 Å². The fraction of sp³-hybridized carbons (Fsp3) is 0.867. The molecule has 2 rings (SSSR count). The minimum Gasteiger partial charge on any atom is -0.481 e. The molecule has 2 fully saturated rings. The predicted octanol–water partition coefficient (Wildman–Crippen LogP) is 1.69. The Kier molecular flexibility index (Phi) is 5.02. The van der Waals surface area contributed by atoms with E-state index in [9.17, 15) is 19.8 Å². The number of carboxylic acids is 1. The molecular formula is C15H25NO4. The molecule has 0 aromatic rings. The number of carboxylic acid groups (broad SMARTS) is 1. The van der Waals surface area contributed by atoms with Crippen LogP contribution in [0.1, 0.15) is 57.8 Å². The fourth-order valence-corrected chi connectivity index (χ4v) is 3.56. The molecule has 0 spiro atoms. The zero-order valence-electron chi connectivity index (χ0n) is 11.9. The maximum Gasteiger partial charge on any atom is 0.310 e. The van der Waals surface area contributed by atoms with Crippen LogP contribution in [0.4, 0.5) is 0 Å². The van der Waals surface area contributed by atoms with Crippen LogP contribution in [0.5, 0.6) is 0 Å². The van der Waals surface area contributed by atoms with E-state index in [0.717, 1.165) is 38.5 Å². The topological polar surface area (TPSA) is 86.6 Å². The van der Waals surface area contributed by atoms with Gasteiger partial charge >= 0.3 is 5.97 Å². The smallest absolute Gasteiger partial charge is 0.310 e. The van der Waals surface area contributed by atoms with Gasteiger partial charge in [-0.2, -0.15) is 0 Å². The number of hydrogen-bond donors (Lipinski definition) is 3. The number of aliphatic hydroxyl groups excluding tert-OH is 1. The number of nitrogens with one attached hydrogen (secondary N) is 1. The van der Waals surface area contributed by atoms with E-state index in [1.807, 2.05) is 0 Å². The summed E-state index contributed by atoms with van der Waals surface area (Å²) >= 11 is 0. The lowest BCUT2D eigenvalue weighted by molar-refractivity contribution is -0.154. The third-order valence-corrected chi connectivity index (χ3v) is 4.94. The largest absolute Gasteiger partial charge is 0.481 e. The van der Waals surface area contributed by atoms with Gasteiger partial charge in [0.1, 0.15) is 0 Å². The molecule has 3 N–H and O–H groups in total. The van der Waals surface area contributed by atoms with Crippen molar-refractivity contribution in [2.75, 3.05) is 6.54 Å². The van der Waals surface area contributed by atoms with E-state index in [2.05, 4.69) is 5.32 Å². The Morgan fingerprint density at radius 2 is 1.80 bits per heavy atom. The van der Waals surface area contributed by atoms with Crippen LogP contribution < -0.4 is 5.32 Å². The molecule has 0 aromatic heterocycles. The van der Waals surface area contributed by atoms with Gasteiger partial charge in [-0.15, -0.1) is 0 Å². The molecule has 5 nitrogen and oxygen atoms in total. The van der Waals surface area contributed by atoms with Gasteiger partial charge in [0.05, 0.1) is 11.5 Å². The van der Waals surface area contributed by atoms with E-state index in [1.54, 1.807) is 0 Å². The highest BCUT2D eigenvalue weighted by Gasteiger charge is 2.41. The Balaban J connectivity index is 1.84. The first-order valence-electron chi connectivity index (χ1n) is 7.72. The first kappa shape index (κ1) is 15.3. The van der Waals surface area contributed by atoms with Crippen LogP contribution in [0, 0.1) is 11.3 Å². The minimum atomic E-state index is -0.864. The average Bonchev–Trinajstić information content (AvgIpc) is 2.83. The van der Waals surface area contributed by atoms with E-state index >= 15 is 0 Å². The highest BCUT2D eigenvalue weighted by molar-refractivity contribution is 5.85. The number of hydrogen-bond acceptors (Lipinski definition) is 3. The van der Waals surface area contributed by atoms with Gasteiger partial charge in [0, 0.05) is 18.9 Å². The summed E-state index contributed by atoms with van der Waals surface area (Å²) in [7, 11) is 0. The summed E-state index contributed by atoms with van der Waals surface area (Å²) < 4.78 is 0. The summed E-state index contributed by atoms with van der Waals surface area (Å²) in [5.74, 6) is -0.896. The third-order valence-electron chi connectivity index (χ3n) is 4.94. The molecule has 114 valence electrons. The highest BCUT2D eigenvalue weighted by atomic mass is 16.4. The number of amides is 1. The number of aliphatic carboxylic acids is 1. The molecule has 0 heterocycles. The van der Waals surface area contributed by atoms with E-state index in [0.29, 0.717) is 19.4 Å². The lowest BCUT2D eigenvalue weighted by Gasteiger charge is -2.32. The fourth-order valence-electron chi connectivity index (χ4n) is 3.56. The van der Waals surface area contributed by atoms with Crippen molar-refractivity contribution in [3.05, 3.63) is 0 Å². The standard InChI is InChI=1S/C15H25NO4/c17-12-6-4-5-11(12)10-16-13(18)9-15(14(19)20)7-2-1-3-8-15/h11-12,17H,1-10H2,(H,16,18)(H,19,20). The monoisotopic (exact) mass is 283 g/mol. The average molecular weight is 283 g/mol. The molecule has 2 aliphatic rings. The summed E-state index contributed by atoms with van der Waals surface area (Å²) in [5.41, 5.74) is -0.864. The van der Waals surface area contributed by atoms with Crippen molar-refractivity contribution < 1.29 is 19.8 Å². The lowest BCUT2D eigenvalue weighted by Crippen LogP contribution is -2.40. The van der Waals surface area contributed by atoms with Crippen LogP contribution in [0.2, 0.25) is 0 Å². The van der Waals surface area contributed by atoms with E-state index < -0.39 is 11.4 Å². The second-order valence-corrected chi connectivity index (χ2v) is 6.39. The molecule has 2 unspecified atom stereocenters. The Morgan fingerprint density at radius 3 is 2.35 bits per heavy atom. The Hall–Kier alpha value is -1.10. The quantitative estimate of drug-likeness (QED) is 0.716. The molecule has 2 atom stereocenters. The predicted molar refractivity (Wildman–Crippen MR) is 74.1 cm³/mol. The normalized spacial score (nSPS) is 29.1. The number of aliphatic hydroxyl groups is 1. The van der Waals surface area contributed by atoms with Gasteiger partial charge in [0.15, 0.2) is 0 Å². The van der Waals surface area contributed by atoms with Gasteiger partial charge in [-0.1, -0.05) is 25.7 Å². The van der Waals surface area contributed by atoms with Crippen LogP contribution in [0.25, 0.3) is 0 Å². The summed E-state index contributed by atoms with van der Waals surface area (Å²) in [6, 6.07) is 0. The van der Waals surface area contributed by atoms with Crippen molar-refractivity contribution in [3.8, 4) is 0 Å². The SMILES string of the molecule is O=C(CC1(C(=O)O)CCCCC1)NCC1CCCC1O. The van der Waals surface area contributed by atoms with Crippen molar-refractivity contribution in [2.45, 2.75) is 63.9 Å². The lowest BCUT2D eigenvalue weighted by atomic mass is 9.71. The summed E-state index contributed by atoms with van der Waals surface area (Å²) in [5, 5.41) is 22.0. The first-order valence-corrected chi connectivity index (χ1v) is 7.72. The molecular weight excluding hydrogens is 258 g/mol. The molecule has 2 saturated carbocycles. The van der Waals surface area contributed by atoms with E-state index in [-0.39, 0.29) is 24.3 Å². The maximum atomic E-state index is 12.0. The van der Waals surface area contributed by atoms with Gasteiger partial charge in [-0.25, -0.2) is 0 Å². The Morgan fingerprint density at radius 1 is 1.10 bits per heavy atom. The second-order valence-electron chi connectivity index (χ2n) is 6.39. The van der Waals surface area contributed by atoms with Crippen LogP contribution in [-0.2, 0) is 9.59 Å². The molecule has 0 radical (unpaired) electrons. The van der Waals surface area contributed by atoms with Gasteiger partial charge in [-0.3, -0.25) is 9.59 Å². The number of carbonyl (C=O) groups is 2. The van der Waals surface area contributed by atoms with Crippen molar-refractivity contribution >= 4 is 11.9 Å². The Labute approximate surface area is 119 Å². The maximum absolute atomic E-state index is 12.0. The van der Waals surface area contributed by atoms with Gasteiger partial charge in [0.2, 0.25) is 5.91 Å². The van der Waals surface area contributed by atoms with Gasteiger partial charge < -0.3 is 15.5 Å². The molecule has 1 amide bonds. The summed E-state index contributed by atoms with van der Waals surface area (Å²) in [4.78, 5) is 23.5. The van der Waals surface area contributed by atoms with Gasteiger partial charge in [-0.05, 0) is 25.7 Å². The highest BCUT2D eigenvalue weighted by Crippen LogP contribution is 2.39. The second kappa shape index (κ2) is 6.57. The van der Waals surface area contributed by atoms with Crippen LogP contribution in [0.3, 0.4) is 0 Å². The Bertz CT molecular complexity index is 363. The molecule has 5 heteroatoms. The third kappa shape index (κ3) is 3.51. The molecule has 20 heavy (non-hydrogen) atoms. The van der Waals surface area contributed by atoms with E-state index in [4.69, 9.17) is 0 Å². The van der Waals surface area contributed by atoms with Crippen LogP contribution in [-0.4, -0.2) is 34.7 Å². The molecule has 0 aromatic carbocycles. The van der Waals surface area contributed by atoms with E-state index in [1.165, 1.54) is 0 Å². The molecule has 0 saturated heterocycles. The zero-order chi connectivity index (χ0) is 14.6. The zero-order valence-corrected chi connectivity index (χ0v) is 11.9. The number of rotatable bonds is 5. The van der Waals surface area contributed by atoms with Crippen molar-refractivity contribution in [1.82, 2.24) is 5.32 Å². The molecule has 0 aliphatic heterocycles. The molecule has 2 aliphatic carbocycles. The van der Waals surface area contributed by atoms with Crippen LogP contribution in [0.15, 0.2) is 0 Å². The van der Waals surface area contributed by atoms with Crippen molar-refractivity contribution in [1.29, 1.82) is 0 Å². The van der Waals surface area contributed by atoms with Gasteiger partial charge in [0.25, 0.3) is 0 Å². The minimum absolute atomic E-state index is 0.0746. The van der Waals surface area contributed by atoms with Crippen LogP contribution >= 0.6 is 0 Å².